The van der Waals surface area contributed by atoms with Gasteiger partial charge in [-0.1, -0.05) is 11.6 Å². The summed E-state index contributed by atoms with van der Waals surface area (Å²) in [5.74, 6) is 0. The third-order valence-electron chi connectivity index (χ3n) is 4.05. The quantitative estimate of drug-likeness (QED) is 0.860. The molecule has 0 radical (unpaired) electrons. The number of sulfonamides is 1. The zero-order chi connectivity index (χ0) is 15.8. The van der Waals surface area contributed by atoms with Crippen LogP contribution in [0.3, 0.4) is 0 Å². The highest BCUT2D eigenvalue weighted by atomic mass is 35.5. The van der Waals surface area contributed by atoms with E-state index in [0.717, 1.165) is 25.9 Å². The molecule has 21 heavy (non-hydrogen) atoms. The van der Waals surface area contributed by atoms with Gasteiger partial charge in [-0.25, -0.2) is 8.42 Å². The Bertz CT molecular complexity index is 610. The monoisotopic (exact) mass is 331 g/mol. The summed E-state index contributed by atoms with van der Waals surface area (Å²) in [6.07, 6.45) is 1.88. The predicted molar refractivity (Wildman–Crippen MR) is 86.1 cm³/mol. The van der Waals surface area contributed by atoms with E-state index in [2.05, 4.69) is 4.90 Å². The Morgan fingerprint density at radius 2 is 2.10 bits per heavy atom. The molecule has 1 heterocycles. The van der Waals surface area contributed by atoms with Crippen LogP contribution in [0.5, 0.6) is 0 Å². The Kier molecular flexibility index (Phi) is 4.82. The van der Waals surface area contributed by atoms with Crippen molar-refractivity contribution >= 4 is 27.3 Å². The molecule has 0 spiro atoms. The summed E-state index contributed by atoms with van der Waals surface area (Å²) >= 11 is 6.01. The van der Waals surface area contributed by atoms with Gasteiger partial charge in [0.15, 0.2) is 0 Å². The Hall–Kier alpha value is -0.820. The van der Waals surface area contributed by atoms with Gasteiger partial charge in [-0.05, 0) is 51.1 Å². The van der Waals surface area contributed by atoms with E-state index in [9.17, 15) is 8.42 Å². The molecule has 0 aromatic heterocycles. The summed E-state index contributed by atoms with van der Waals surface area (Å²) in [4.78, 5) is 2.36. The SMILES string of the molecule is Cc1cc(S(=O)(=O)N(C)C2CCCN(C)C2)cc(N)c1Cl. The van der Waals surface area contributed by atoms with Gasteiger partial charge in [0.2, 0.25) is 10.0 Å². The van der Waals surface area contributed by atoms with Crippen molar-refractivity contribution in [3.05, 3.63) is 22.7 Å². The fourth-order valence-electron chi connectivity index (χ4n) is 2.71. The van der Waals surface area contributed by atoms with Crippen LogP contribution in [0, 0.1) is 6.92 Å². The molecule has 2 N–H and O–H groups in total. The lowest BCUT2D eigenvalue weighted by atomic mass is 10.1. The maximum Gasteiger partial charge on any atom is 0.243 e. The largest absolute Gasteiger partial charge is 0.397 e. The van der Waals surface area contributed by atoms with Crippen molar-refractivity contribution in [2.45, 2.75) is 30.7 Å². The first kappa shape index (κ1) is 16.5. The third kappa shape index (κ3) is 3.34. The zero-order valence-electron chi connectivity index (χ0n) is 12.6. The summed E-state index contributed by atoms with van der Waals surface area (Å²) in [6, 6.07) is 3.01. The van der Waals surface area contributed by atoms with Crippen LogP contribution in [-0.2, 0) is 10.0 Å². The van der Waals surface area contributed by atoms with Crippen LogP contribution in [0.4, 0.5) is 5.69 Å². The molecule has 1 fully saturated rings. The molecule has 1 atom stereocenters. The number of hydrogen-bond acceptors (Lipinski definition) is 4. The number of likely N-dealkylation sites (N-methyl/N-ethyl adjacent to an activating group) is 2. The van der Waals surface area contributed by atoms with Gasteiger partial charge in [-0.3, -0.25) is 0 Å². The third-order valence-corrected chi connectivity index (χ3v) is 6.45. The second-order valence-corrected chi connectivity index (χ2v) is 8.10. The fourth-order valence-corrected chi connectivity index (χ4v) is 4.32. The lowest BCUT2D eigenvalue weighted by Gasteiger charge is -2.35. The first-order chi connectivity index (χ1) is 9.73. The molecule has 0 amide bonds. The average Bonchev–Trinajstić information content (AvgIpc) is 2.43. The van der Waals surface area contributed by atoms with E-state index in [1.807, 2.05) is 7.05 Å². The highest BCUT2D eigenvalue weighted by Gasteiger charge is 2.31. The molecular weight excluding hydrogens is 310 g/mol. The molecule has 1 aromatic carbocycles. The predicted octanol–water partition coefficient (Wildman–Crippen LogP) is 1.95. The molecular formula is C14H22ClN3O2S. The van der Waals surface area contributed by atoms with Gasteiger partial charge in [0.1, 0.15) is 0 Å². The van der Waals surface area contributed by atoms with E-state index in [-0.39, 0.29) is 10.9 Å². The molecule has 1 aliphatic rings. The molecule has 118 valence electrons. The van der Waals surface area contributed by atoms with Gasteiger partial charge in [0.25, 0.3) is 0 Å². The Morgan fingerprint density at radius 1 is 1.43 bits per heavy atom. The number of halogens is 1. The number of nitrogens with two attached hydrogens (primary N) is 1. The van der Waals surface area contributed by atoms with Crippen LogP contribution < -0.4 is 5.73 Å². The van der Waals surface area contributed by atoms with Crippen molar-refractivity contribution in [2.75, 3.05) is 32.9 Å². The maximum atomic E-state index is 12.8. The molecule has 2 rings (SSSR count). The molecule has 0 aliphatic carbocycles. The number of nitrogen functional groups attached to an aromatic ring is 1. The number of piperidine rings is 1. The standard InChI is InChI=1S/C14H22ClN3O2S/c1-10-7-12(8-13(16)14(10)15)21(19,20)18(3)11-5-4-6-17(2)9-11/h7-8,11H,4-6,9,16H2,1-3H3. The maximum absolute atomic E-state index is 12.8. The zero-order valence-corrected chi connectivity index (χ0v) is 14.2. The molecule has 5 nitrogen and oxygen atoms in total. The highest BCUT2D eigenvalue weighted by molar-refractivity contribution is 7.89. The van der Waals surface area contributed by atoms with Crippen LogP contribution in [0.15, 0.2) is 17.0 Å². The summed E-state index contributed by atoms with van der Waals surface area (Å²) < 4.78 is 27.0. The second-order valence-electron chi connectivity index (χ2n) is 5.72. The minimum absolute atomic E-state index is 0.00837. The van der Waals surface area contributed by atoms with Gasteiger partial charge < -0.3 is 10.6 Å². The normalized spacial score (nSPS) is 20.9. The van der Waals surface area contributed by atoms with Gasteiger partial charge in [-0.2, -0.15) is 4.31 Å². The minimum Gasteiger partial charge on any atom is -0.397 e. The summed E-state index contributed by atoms with van der Waals surface area (Å²) in [7, 11) is 0.0934. The molecule has 1 aromatic rings. The number of anilines is 1. The van der Waals surface area contributed by atoms with Crippen molar-refractivity contribution in [3.63, 3.8) is 0 Å². The van der Waals surface area contributed by atoms with E-state index < -0.39 is 10.0 Å². The number of rotatable bonds is 3. The van der Waals surface area contributed by atoms with Crippen molar-refractivity contribution in [1.82, 2.24) is 9.21 Å². The number of hydrogen-bond donors (Lipinski definition) is 1. The van der Waals surface area contributed by atoms with Crippen molar-refractivity contribution < 1.29 is 8.42 Å². The molecule has 0 saturated carbocycles. The van der Waals surface area contributed by atoms with Crippen LogP contribution in [-0.4, -0.2) is 50.8 Å². The molecule has 1 unspecified atom stereocenters. The number of benzene rings is 1. The van der Waals surface area contributed by atoms with Gasteiger partial charge in [-0.15, -0.1) is 0 Å². The Labute approximate surface area is 131 Å². The van der Waals surface area contributed by atoms with E-state index in [4.69, 9.17) is 17.3 Å². The van der Waals surface area contributed by atoms with Crippen molar-refractivity contribution in [3.8, 4) is 0 Å². The van der Waals surface area contributed by atoms with E-state index in [0.29, 0.717) is 16.3 Å². The Balaban J connectivity index is 2.33. The van der Waals surface area contributed by atoms with Crippen LogP contribution in [0.1, 0.15) is 18.4 Å². The van der Waals surface area contributed by atoms with Gasteiger partial charge >= 0.3 is 0 Å². The summed E-state index contributed by atoms with van der Waals surface area (Å²) in [5.41, 5.74) is 6.76. The molecule has 1 saturated heterocycles. The fraction of sp³-hybridized carbons (Fsp3) is 0.571. The van der Waals surface area contributed by atoms with E-state index in [1.165, 1.54) is 10.4 Å². The topological polar surface area (TPSA) is 66.6 Å². The molecule has 1 aliphatic heterocycles. The minimum atomic E-state index is -3.56. The lowest BCUT2D eigenvalue weighted by Crippen LogP contribution is -2.47. The smallest absolute Gasteiger partial charge is 0.243 e. The van der Waals surface area contributed by atoms with Crippen LogP contribution >= 0.6 is 11.6 Å². The van der Waals surface area contributed by atoms with E-state index >= 15 is 0 Å². The van der Waals surface area contributed by atoms with Crippen molar-refractivity contribution in [1.29, 1.82) is 0 Å². The number of nitrogens with zero attached hydrogens (tertiary/aromatic N) is 2. The second kappa shape index (κ2) is 6.12. The summed E-state index contributed by atoms with van der Waals surface area (Å²) in [5, 5.41) is 0.411. The number of likely N-dealkylation sites (tertiary alicyclic amines) is 1. The lowest BCUT2D eigenvalue weighted by molar-refractivity contribution is 0.187. The first-order valence-electron chi connectivity index (χ1n) is 6.95. The Morgan fingerprint density at radius 3 is 2.67 bits per heavy atom. The first-order valence-corrected chi connectivity index (χ1v) is 8.77. The number of aryl methyl sites for hydroxylation is 1. The van der Waals surface area contributed by atoms with Crippen molar-refractivity contribution in [2.24, 2.45) is 0 Å². The summed E-state index contributed by atoms with van der Waals surface area (Å²) in [6.45, 7) is 3.52. The van der Waals surface area contributed by atoms with E-state index in [1.54, 1.807) is 20.0 Å². The molecule has 0 bridgehead atoms. The molecule has 7 heteroatoms. The van der Waals surface area contributed by atoms with Crippen LogP contribution in [0.2, 0.25) is 5.02 Å². The average molecular weight is 332 g/mol. The van der Waals surface area contributed by atoms with Gasteiger partial charge in [0, 0.05) is 19.6 Å². The van der Waals surface area contributed by atoms with Crippen LogP contribution in [0.25, 0.3) is 0 Å². The highest BCUT2D eigenvalue weighted by Crippen LogP contribution is 2.29. The van der Waals surface area contributed by atoms with Gasteiger partial charge in [0.05, 0.1) is 15.6 Å².